The van der Waals surface area contributed by atoms with Gasteiger partial charge in [-0.1, -0.05) is 0 Å². The number of thiophene rings is 1. The molecule has 0 saturated carbocycles. The topological polar surface area (TPSA) is 38.9 Å². The van der Waals surface area contributed by atoms with Crippen molar-refractivity contribution in [3.8, 4) is 0 Å². The van der Waals surface area contributed by atoms with Gasteiger partial charge in [-0.05, 0) is 48.1 Å². The first-order chi connectivity index (χ1) is 7.27. The van der Waals surface area contributed by atoms with Gasteiger partial charge in [0.05, 0.1) is 0 Å². The van der Waals surface area contributed by atoms with E-state index in [-0.39, 0.29) is 6.04 Å². The van der Waals surface area contributed by atoms with Crippen LogP contribution in [0.2, 0.25) is 0 Å². The van der Waals surface area contributed by atoms with E-state index in [2.05, 4.69) is 23.4 Å². The maximum Gasteiger partial charge on any atom is 0.0433 e. The molecule has 0 amide bonds. The van der Waals surface area contributed by atoms with Crippen molar-refractivity contribution in [3.63, 3.8) is 0 Å². The summed E-state index contributed by atoms with van der Waals surface area (Å²) in [4.78, 5) is 5.28. The van der Waals surface area contributed by atoms with E-state index in [0.29, 0.717) is 0 Å². The summed E-state index contributed by atoms with van der Waals surface area (Å²) in [6, 6.07) is 6.25. The zero-order valence-electron chi connectivity index (χ0n) is 8.68. The summed E-state index contributed by atoms with van der Waals surface area (Å²) >= 11 is 1.74. The minimum Gasteiger partial charge on any atom is -0.323 e. The van der Waals surface area contributed by atoms with Crippen molar-refractivity contribution in [1.82, 2.24) is 4.98 Å². The highest BCUT2D eigenvalue weighted by Crippen LogP contribution is 2.24. The predicted molar refractivity (Wildman–Crippen MR) is 63.9 cm³/mol. The van der Waals surface area contributed by atoms with Gasteiger partial charge in [0.15, 0.2) is 0 Å². The lowest BCUT2D eigenvalue weighted by Gasteiger charge is -2.10. The minimum absolute atomic E-state index is 0.104. The molecule has 0 aromatic carbocycles. The van der Waals surface area contributed by atoms with Gasteiger partial charge in [-0.2, -0.15) is 0 Å². The molecule has 1 atom stereocenters. The third-order valence-electron chi connectivity index (χ3n) is 2.44. The van der Waals surface area contributed by atoms with Crippen molar-refractivity contribution >= 4 is 11.3 Å². The first kappa shape index (κ1) is 10.3. The molecule has 2 rings (SSSR count). The van der Waals surface area contributed by atoms with Gasteiger partial charge in [-0.3, -0.25) is 4.98 Å². The van der Waals surface area contributed by atoms with Crippen LogP contribution in [0.4, 0.5) is 0 Å². The van der Waals surface area contributed by atoms with Crippen molar-refractivity contribution in [1.29, 1.82) is 0 Å². The third-order valence-corrected chi connectivity index (χ3v) is 3.59. The molecule has 0 saturated heterocycles. The Balaban J connectivity index is 2.11. The second-order valence-corrected chi connectivity index (χ2v) is 4.58. The van der Waals surface area contributed by atoms with Crippen LogP contribution >= 0.6 is 11.3 Å². The fraction of sp³-hybridized carbons (Fsp3) is 0.250. The van der Waals surface area contributed by atoms with Gasteiger partial charge in [0.25, 0.3) is 0 Å². The highest BCUT2D eigenvalue weighted by atomic mass is 32.1. The van der Waals surface area contributed by atoms with Crippen LogP contribution in [-0.4, -0.2) is 4.98 Å². The van der Waals surface area contributed by atoms with E-state index in [4.69, 9.17) is 5.73 Å². The molecule has 2 nitrogen and oxygen atoms in total. The molecule has 15 heavy (non-hydrogen) atoms. The van der Waals surface area contributed by atoms with E-state index in [1.807, 2.05) is 24.5 Å². The highest BCUT2D eigenvalue weighted by Gasteiger charge is 2.10. The highest BCUT2D eigenvalue weighted by molar-refractivity contribution is 7.10. The molecule has 0 fully saturated rings. The Morgan fingerprint density at radius 3 is 2.67 bits per heavy atom. The quantitative estimate of drug-likeness (QED) is 0.860. The van der Waals surface area contributed by atoms with E-state index < -0.39 is 0 Å². The molecule has 1 unspecified atom stereocenters. The molecule has 78 valence electrons. The number of nitrogens with zero attached hydrogens (tertiary/aromatic N) is 1. The van der Waals surface area contributed by atoms with E-state index in [9.17, 15) is 0 Å². The van der Waals surface area contributed by atoms with Crippen molar-refractivity contribution < 1.29 is 0 Å². The summed E-state index contributed by atoms with van der Waals surface area (Å²) in [7, 11) is 0. The van der Waals surface area contributed by atoms with Crippen molar-refractivity contribution in [2.24, 2.45) is 5.73 Å². The summed E-state index contributed by atoms with van der Waals surface area (Å²) in [6.45, 7) is 2.11. The van der Waals surface area contributed by atoms with Crippen LogP contribution in [0.5, 0.6) is 0 Å². The first-order valence-electron chi connectivity index (χ1n) is 4.96. The summed E-state index contributed by atoms with van der Waals surface area (Å²) in [6.07, 6.45) is 4.50. The van der Waals surface area contributed by atoms with Gasteiger partial charge < -0.3 is 5.73 Å². The van der Waals surface area contributed by atoms with Crippen LogP contribution in [0.1, 0.15) is 22.0 Å². The molecule has 3 heteroatoms. The van der Waals surface area contributed by atoms with Gasteiger partial charge in [0, 0.05) is 23.3 Å². The average Bonchev–Trinajstić information content (AvgIpc) is 2.66. The number of aryl methyl sites for hydroxylation is 1. The molecule has 0 bridgehead atoms. The Labute approximate surface area is 93.8 Å². The SMILES string of the molecule is Cc1ccsc1C(N)Cc1ccncc1. The van der Waals surface area contributed by atoms with Crippen LogP contribution in [0.15, 0.2) is 36.0 Å². The van der Waals surface area contributed by atoms with Gasteiger partial charge in [-0.15, -0.1) is 11.3 Å². The lowest BCUT2D eigenvalue weighted by Crippen LogP contribution is -2.12. The van der Waals surface area contributed by atoms with Crippen LogP contribution in [-0.2, 0) is 6.42 Å². The Bertz CT molecular complexity index is 422. The van der Waals surface area contributed by atoms with E-state index >= 15 is 0 Å². The number of pyridine rings is 1. The Morgan fingerprint density at radius 2 is 2.07 bits per heavy atom. The normalized spacial score (nSPS) is 12.7. The van der Waals surface area contributed by atoms with E-state index in [1.165, 1.54) is 16.0 Å². The minimum atomic E-state index is 0.104. The van der Waals surface area contributed by atoms with Crippen molar-refractivity contribution in [3.05, 3.63) is 52.0 Å². The number of rotatable bonds is 3. The van der Waals surface area contributed by atoms with Crippen LogP contribution in [0.3, 0.4) is 0 Å². The summed E-state index contributed by atoms with van der Waals surface area (Å²) in [5.41, 5.74) is 8.70. The second-order valence-electron chi connectivity index (χ2n) is 3.63. The van der Waals surface area contributed by atoms with Gasteiger partial charge in [-0.25, -0.2) is 0 Å². The molecule has 2 aromatic heterocycles. The van der Waals surface area contributed by atoms with Crippen molar-refractivity contribution in [2.45, 2.75) is 19.4 Å². The monoisotopic (exact) mass is 218 g/mol. The molecule has 2 aromatic rings. The number of hydrogen-bond donors (Lipinski definition) is 1. The van der Waals surface area contributed by atoms with Crippen LogP contribution in [0.25, 0.3) is 0 Å². The smallest absolute Gasteiger partial charge is 0.0433 e. The fourth-order valence-electron chi connectivity index (χ4n) is 1.63. The maximum atomic E-state index is 6.16. The molecule has 0 radical (unpaired) electrons. The first-order valence-corrected chi connectivity index (χ1v) is 5.84. The number of aromatic nitrogens is 1. The van der Waals surface area contributed by atoms with Gasteiger partial charge in [0.1, 0.15) is 0 Å². The number of hydrogen-bond acceptors (Lipinski definition) is 3. The van der Waals surface area contributed by atoms with Crippen LogP contribution < -0.4 is 5.73 Å². The summed E-state index contributed by atoms with van der Waals surface area (Å²) < 4.78 is 0. The largest absolute Gasteiger partial charge is 0.323 e. The Hall–Kier alpha value is -1.19. The molecule has 0 spiro atoms. The Kier molecular flexibility index (Phi) is 3.14. The molecule has 2 heterocycles. The van der Waals surface area contributed by atoms with E-state index in [0.717, 1.165) is 6.42 Å². The molecule has 2 N–H and O–H groups in total. The zero-order valence-corrected chi connectivity index (χ0v) is 9.50. The number of nitrogens with two attached hydrogens (primary N) is 1. The summed E-state index contributed by atoms with van der Waals surface area (Å²) in [5, 5.41) is 2.09. The molecular formula is C12H14N2S. The summed E-state index contributed by atoms with van der Waals surface area (Å²) in [5.74, 6) is 0. The molecule has 0 aliphatic carbocycles. The van der Waals surface area contributed by atoms with Crippen LogP contribution in [0, 0.1) is 6.92 Å². The van der Waals surface area contributed by atoms with Gasteiger partial charge in [0.2, 0.25) is 0 Å². The standard InChI is InChI=1S/C12H14N2S/c1-9-4-7-15-12(9)11(13)8-10-2-5-14-6-3-10/h2-7,11H,8,13H2,1H3. The third kappa shape index (κ3) is 2.43. The predicted octanol–water partition coefficient (Wildman–Crippen LogP) is 2.69. The van der Waals surface area contributed by atoms with Crippen molar-refractivity contribution in [2.75, 3.05) is 0 Å². The van der Waals surface area contributed by atoms with Gasteiger partial charge >= 0.3 is 0 Å². The fourth-order valence-corrected chi connectivity index (χ4v) is 2.56. The zero-order chi connectivity index (χ0) is 10.7. The Morgan fingerprint density at radius 1 is 1.33 bits per heavy atom. The maximum absolute atomic E-state index is 6.16. The average molecular weight is 218 g/mol. The lowest BCUT2D eigenvalue weighted by atomic mass is 10.0. The second kappa shape index (κ2) is 4.55. The van der Waals surface area contributed by atoms with E-state index in [1.54, 1.807) is 11.3 Å². The lowest BCUT2D eigenvalue weighted by molar-refractivity contribution is 0.731. The molecular weight excluding hydrogens is 204 g/mol. The molecule has 0 aliphatic heterocycles. The molecule has 0 aliphatic rings.